The van der Waals surface area contributed by atoms with Crippen LogP contribution in [0.25, 0.3) is 10.8 Å². The molecule has 11 heteroatoms. The van der Waals surface area contributed by atoms with Crippen LogP contribution in [0.15, 0.2) is 30.6 Å². The molecule has 0 bridgehead atoms. The number of hydrogen-bond donors (Lipinski definition) is 1. The summed E-state index contributed by atoms with van der Waals surface area (Å²) in [7, 11) is -1.21. The Morgan fingerprint density at radius 1 is 1.08 bits per heavy atom. The van der Waals surface area contributed by atoms with E-state index in [-0.39, 0.29) is 17.8 Å². The lowest BCUT2D eigenvalue weighted by molar-refractivity contribution is 0.0816. The van der Waals surface area contributed by atoms with Gasteiger partial charge in [0, 0.05) is 62.7 Å². The van der Waals surface area contributed by atoms with E-state index in [1.807, 2.05) is 6.20 Å². The summed E-state index contributed by atoms with van der Waals surface area (Å²) in [6.07, 6.45) is 6.98. The Labute approximate surface area is 218 Å². The number of anilines is 4. The molecule has 2 aliphatic rings. The molecular formula is C26H35N7O3S. The lowest BCUT2D eigenvalue weighted by Crippen LogP contribution is -2.49. The quantitative estimate of drug-likeness (QED) is 0.469. The van der Waals surface area contributed by atoms with Gasteiger partial charge in [-0.2, -0.15) is 10.1 Å². The van der Waals surface area contributed by atoms with Crippen LogP contribution in [0.3, 0.4) is 0 Å². The molecule has 37 heavy (non-hydrogen) atoms. The summed E-state index contributed by atoms with van der Waals surface area (Å²) < 4.78 is 28.8. The minimum Gasteiger partial charge on any atom is -0.381 e. The van der Waals surface area contributed by atoms with Gasteiger partial charge in [-0.3, -0.25) is 0 Å². The minimum absolute atomic E-state index is 0.170. The first kappa shape index (κ1) is 25.6. The van der Waals surface area contributed by atoms with Gasteiger partial charge in [0.2, 0.25) is 5.95 Å². The topological polar surface area (TPSA) is 113 Å². The van der Waals surface area contributed by atoms with E-state index in [0.29, 0.717) is 23.5 Å². The third-order valence-corrected chi connectivity index (χ3v) is 8.31. The maximum Gasteiger partial charge on any atom is 0.247 e. The fourth-order valence-electron chi connectivity index (χ4n) is 5.31. The van der Waals surface area contributed by atoms with Crippen molar-refractivity contribution in [3.8, 4) is 0 Å². The van der Waals surface area contributed by atoms with Crippen molar-refractivity contribution < 1.29 is 13.2 Å². The molecule has 1 aromatic carbocycles. The zero-order valence-corrected chi connectivity index (χ0v) is 22.7. The minimum atomic E-state index is -2.97. The van der Waals surface area contributed by atoms with E-state index < -0.39 is 9.84 Å². The van der Waals surface area contributed by atoms with Gasteiger partial charge >= 0.3 is 0 Å². The zero-order valence-electron chi connectivity index (χ0n) is 21.9. The SMILES string of the molecule is COC1CCN(c2nncc(Nc3cc4c(C(C)C)ccc(N5CC(CS(C)(=O)=O)C5)c4cn3)n2)CC1. The predicted molar refractivity (Wildman–Crippen MR) is 147 cm³/mol. The summed E-state index contributed by atoms with van der Waals surface area (Å²) in [6.45, 7) is 7.50. The number of ether oxygens (including phenoxy) is 1. The van der Waals surface area contributed by atoms with Crippen LogP contribution in [0.1, 0.15) is 38.2 Å². The fourth-order valence-corrected chi connectivity index (χ4v) is 6.37. The van der Waals surface area contributed by atoms with E-state index in [9.17, 15) is 8.42 Å². The van der Waals surface area contributed by atoms with E-state index in [1.165, 1.54) is 11.8 Å². The first-order valence-electron chi connectivity index (χ1n) is 12.8. The monoisotopic (exact) mass is 525 g/mol. The zero-order chi connectivity index (χ0) is 26.2. The van der Waals surface area contributed by atoms with Gasteiger partial charge < -0.3 is 19.9 Å². The third-order valence-electron chi connectivity index (χ3n) is 7.23. The first-order valence-corrected chi connectivity index (χ1v) is 14.9. The Hall–Kier alpha value is -3.05. The normalized spacial score (nSPS) is 17.4. The standard InChI is InChI=1S/C26H35N7O3S/c1-17(2)20-5-6-23(33-14-18(15-33)16-37(4,34)35)22-12-27-24(11-21(20)22)29-25-13-28-31-26(30-25)32-9-7-19(36-3)8-10-32/h5-6,11-13,17-19H,7-10,14-16H2,1-4H3,(H,27,29,30,31). The van der Waals surface area contributed by atoms with Crippen molar-refractivity contribution in [2.24, 2.45) is 5.92 Å². The number of pyridine rings is 1. The van der Waals surface area contributed by atoms with Crippen molar-refractivity contribution in [2.45, 2.75) is 38.7 Å². The van der Waals surface area contributed by atoms with E-state index in [2.05, 4.69) is 62.3 Å². The Kier molecular flexibility index (Phi) is 7.17. The van der Waals surface area contributed by atoms with E-state index in [0.717, 1.165) is 55.5 Å². The van der Waals surface area contributed by atoms with Crippen LogP contribution in [-0.2, 0) is 14.6 Å². The Balaban J connectivity index is 1.37. The van der Waals surface area contributed by atoms with Gasteiger partial charge in [-0.15, -0.1) is 5.10 Å². The second-order valence-corrected chi connectivity index (χ2v) is 12.7. The van der Waals surface area contributed by atoms with E-state index in [1.54, 1.807) is 13.3 Å². The molecule has 5 rings (SSSR count). The molecule has 0 saturated carbocycles. The molecule has 2 aliphatic heterocycles. The van der Waals surface area contributed by atoms with Crippen LogP contribution in [0.2, 0.25) is 0 Å². The number of benzene rings is 1. The van der Waals surface area contributed by atoms with Crippen molar-refractivity contribution in [1.29, 1.82) is 0 Å². The summed E-state index contributed by atoms with van der Waals surface area (Å²) >= 11 is 0. The Morgan fingerprint density at radius 2 is 1.84 bits per heavy atom. The van der Waals surface area contributed by atoms with Gasteiger partial charge in [0.25, 0.3) is 0 Å². The summed E-state index contributed by atoms with van der Waals surface area (Å²) in [5.41, 5.74) is 2.33. The van der Waals surface area contributed by atoms with Crippen LogP contribution in [0.5, 0.6) is 0 Å². The molecule has 0 radical (unpaired) electrons. The predicted octanol–water partition coefficient (Wildman–Crippen LogP) is 3.38. The fraction of sp³-hybridized carbons (Fsp3) is 0.538. The molecule has 198 valence electrons. The largest absolute Gasteiger partial charge is 0.381 e. The number of fused-ring (bicyclic) bond motifs is 1. The highest BCUT2D eigenvalue weighted by Gasteiger charge is 2.31. The average molecular weight is 526 g/mol. The number of nitrogens with one attached hydrogen (secondary N) is 1. The van der Waals surface area contributed by atoms with Crippen LogP contribution in [-0.4, -0.2) is 80.0 Å². The highest BCUT2D eigenvalue weighted by Crippen LogP contribution is 2.37. The molecule has 1 N–H and O–H groups in total. The van der Waals surface area contributed by atoms with Crippen molar-refractivity contribution >= 4 is 43.9 Å². The van der Waals surface area contributed by atoms with Gasteiger partial charge in [-0.05, 0) is 41.8 Å². The lowest BCUT2D eigenvalue weighted by Gasteiger charge is -2.41. The average Bonchev–Trinajstić information content (AvgIpc) is 2.85. The first-order chi connectivity index (χ1) is 17.7. The number of nitrogens with zero attached hydrogens (tertiary/aromatic N) is 6. The molecule has 2 aromatic heterocycles. The number of sulfone groups is 1. The molecule has 10 nitrogen and oxygen atoms in total. The van der Waals surface area contributed by atoms with Crippen molar-refractivity contribution in [3.05, 3.63) is 36.2 Å². The summed E-state index contributed by atoms with van der Waals surface area (Å²) in [5.74, 6) is 2.63. The highest BCUT2D eigenvalue weighted by molar-refractivity contribution is 7.90. The van der Waals surface area contributed by atoms with Crippen LogP contribution in [0, 0.1) is 5.92 Å². The van der Waals surface area contributed by atoms with Crippen molar-refractivity contribution in [2.75, 3.05) is 60.4 Å². The van der Waals surface area contributed by atoms with Gasteiger partial charge in [0.05, 0.1) is 18.1 Å². The van der Waals surface area contributed by atoms with Crippen molar-refractivity contribution in [1.82, 2.24) is 20.2 Å². The van der Waals surface area contributed by atoms with Gasteiger partial charge in [0.1, 0.15) is 15.7 Å². The molecule has 0 spiro atoms. The highest BCUT2D eigenvalue weighted by atomic mass is 32.2. The third kappa shape index (κ3) is 5.77. The van der Waals surface area contributed by atoms with E-state index >= 15 is 0 Å². The molecule has 3 aromatic rings. The van der Waals surface area contributed by atoms with Crippen LogP contribution < -0.4 is 15.1 Å². The second-order valence-electron chi connectivity index (χ2n) is 10.5. The number of aromatic nitrogens is 4. The number of rotatable bonds is 8. The van der Waals surface area contributed by atoms with Gasteiger partial charge in [0.15, 0.2) is 5.82 Å². The van der Waals surface area contributed by atoms with Crippen molar-refractivity contribution in [3.63, 3.8) is 0 Å². The molecule has 0 aliphatic carbocycles. The maximum absolute atomic E-state index is 11.7. The summed E-state index contributed by atoms with van der Waals surface area (Å²) in [6, 6.07) is 6.37. The number of piperidine rings is 1. The molecule has 0 atom stereocenters. The Morgan fingerprint density at radius 3 is 2.51 bits per heavy atom. The number of hydrogen-bond acceptors (Lipinski definition) is 10. The molecule has 4 heterocycles. The summed E-state index contributed by atoms with van der Waals surface area (Å²) in [5, 5.41) is 13.9. The van der Waals surface area contributed by atoms with Gasteiger partial charge in [-0.25, -0.2) is 13.4 Å². The van der Waals surface area contributed by atoms with Crippen LogP contribution >= 0.6 is 0 Å². The number of methoxy groups -OCH3 is 1. The molecule has 2 fully saturated rings. The van der Waals surface area contributed by atoms with Crippen LogP contribution in [0.4, 0.5) is 23.3 Å². The molecular weight excluding hydrogens is 490 g/mol. The maximum atomic E-state index is 11.7. The Bertz CT molecular complexity index is 1370. The lowest BCUT2D eigenvalue weighted by atomic mass is 9.93. The second kappa shape index (κ2) is 10.4. The summed E-state index contributed by atoms with van der Waals surface area (Å²) in [4.78, 5) is 13.8. The molecule has 0 unspecified atom stereocenters. The van der Waals surface area contributed by atoms with Gasteiger partial charge in [-0.1, -0.05) is 19.9 Å². The van der Waals surface area contributed by atoms with E-state index in [4.69, 9.17) is 9.72 Å². The molecule has 2 saturated heterocycles. The molecule has 0 amide bonds. The smallest absolute Gasteiger partial charge is 0.247 e.